The van der Waals surface area contributed by atoms with Crippen LogP contribution in [0.2, 0.25) is 0 Å². The lowest BCUT2D eigenvalue weighted by molar-refractivity contribution is 0.0939. The molecule has 2 heteroatoms. The first-order valence-corrected chi connectivity index (χ1v) is 7.50. The van der Waals surface area contributed by atoms with Gasteiger partial charge >= 0.3 is 0 Å². The Morgan fingerprint density at radius 3 is 2.37 bits per heavy atom. The van der Waals surface area contributed by atoms with Crippen molar-refractivity contribution in [3.8, 4) is 0 Å². The van der Waals surface area contributed by atoms with Crippen molar-refractivity contribution in [1.82, 2.24) is 5.32 Å². The Morgan fingerprint density at radius 2 is 1.79 bits per heavy atom. The molecule has 0 spiro atoms. The second-order valence-electron chi connectivity index (χ2n) is 6.10. The fraction of sp³-hybridized carbons (Fsp3) is 0.588. The van der Waals surface area contributed by atoms with Gasteiger partial charge in [0.1, 0.15) is 0 Å². The molecule has 2 nitrogen and oxygen atoms in total. The number of hydrogen-bond acceptors (Lipinski definition) is 1. The molecule has 0 unspecified atom stereocenters. The van der Waals surface area contributed by atoms with Crippen molar-refractivity contribution in [2.75, 3.05) is 6.54 Å². The summed E-state index contributed by atoms with van der Waals surface area (Å²) < 4.78 is 0. The molecule has 104 valence electrons. The molecule has 0 heterocycles. The van der Waals surface area contributed by atoms with Crippen molar-refractivity contribution in [3.63, 3.8) is 0 Å². The van der Waals surface area contributed by atoms with Crippen molar-refractivity contribution in [2.24, 2.45) is 17.8 Å². The summed E-state index contributed by atoms with van der Waals surface area (Å²) in [5, 5.41) is 3.07. The predicted octanol–water partition coefficient (Wildman–Crippen LogP) is 3.88. The summed E-state index contributed by atoms with van der Waals surface area (Å²) in [7, 11) is 0. The van der Waals surface area contributed by atoms with Crippen LogP contribution in [0.15, 0.2) is 30.3 Å². The summed E-state index contributed by atoms with van der Waals surface area (Å²) in [5.41, 5.74) is 0.762. The molecular weight excluding hydrogens is 234 g/mol. The maximum absolute atomic E-state index is 11.9. The molecular formula is C17H25NO. The topological polar surface area (TPSA) is 29.1 Å². The van der Waals surface area contributed by atoms with Gasteiger partial charge in [0.15, 0.2) is 0 Å². The van der Waals surface area contributed by atoms with E-state index in [0.29, 0.717) is 5.92 Å². The Balaban J connectivity index is 1.74. The maximum Gasteiger partial charge on any atom is 0.251 e. The molecule has 1 fully saturated rings. The minimum atomic E-state index is 0.0617. The van der Waals surface area contributed by atoms with Gasteiger partial charge in [-0.25, -0.2) is 0 Å². The number of amides is 1. The van der Waals surface area contributed by atoms with Gasteiger partial charge in [-0.3, -0.25) is 4.79 Å². The molecule has 0 saturated heterocycles. The van der Waals surface area contributed by atoms with E-state index in [4.69, 9.17) is 0 Å². The third kappa shape index (κ3) is 4.09. The van der Waals surface area contributed by atoms with E-state index in [1.807, 2.05) is 30.3 Å². The Morgan fingerprint density at radius 1 is 1.16 bits per heavy atom. The molecule has 2 rings (SSSR count). The van der Waals surface area contributed by atoms with Crippen LogP contribution in [-0.2, 0) is 0 Å². The Hall–Kier alpha value is -1.31. The number of benzene rings is 1. The number of hydrogen-bond donors (Lipinski definition) is 1. The fourth-order valence-corrected chi connectivity index (χ4v) is 2.99. The summed E-state index contributed by atoms with van der Waals surface area (Å²) in [5.74, 6) is 2.43. The molecule has 0 atom stereocenters. The van der Waals surface area contributed by atoms with Crippen LogP contribution in [0.25, 0.3) is 0 Å². The van der Waals surface area contributed by atoms with E-state index in [-0.39, 0.29) is 5.91 Å². The molecule has 1 amide bonds. The van der Waals surface area contributed by atoms with E-state index in [1.165, 1.54) is 25.7 Å². The summed E-state index contributed by atoms with van der Waals surface area (Å²) in [6, 6.07) is 9.48. The Kier molecular flexibility index (Phi) is 5.00. The highest BCUT2D eigenvalue weighted by molar-refractivity contribution is 5.94. The zero-order chi connectivity index (χ0) is 13.7. The lowest BCUT2D eigenvalue weighted by Crippen LogP contribution is -2.31. The summed E-state index contributed by atoms with van der Waals surface area (Å²) in [4.78, 5) is 11.9. The van der Waals surface area contributed by atoms with E-state index < -0.39 is 0 Å². The van der Waals surface area contributed by atoms with Gasteiger partial charge in [0.2, 0.25) is 0 Å². The number of nitrogens with one attached hydrogen (secondary N) is 1. The summed E-state index contributed by atoms with van der Waals surface area (Å²) in [6.07, 6.45) is 5.17. The highest BCUT2D eigenvalue weighted by Gasteiger charge is 2.23. The van der Waals surface area contributed by atoms with Gasteiger partial charge in [0.25, 0.3) is 5.91 Å². The molecule has 0 bridgehead atoms. The second-order valence-corrected chi connectivity index (χ2v) is 6.10. The van der Waals surface area contributed by atoms with E-state index in [9.17, 15) is 4.79 Å². The zero-order valence-corrected chi connectivity index (χ0v) is 12.1. The van der Waals surface area contributed by atoms with Crippen molar-refractivity contribution >= 4 is 5.91 Å². The molecule has 1 aliphatic carbocycles. The third-order valence-electron chi connectivity index (χ3n) is 4.42. The fourth-order valence-electron chi connectivity index (χ4n) is 2.99. The average molecular weight is 259 g/mol. The highest BCUT2D eigenvalue weighted by Crippen LogP contribution is 2.32. The molecule has 1 aliphatic rings. The molecule has 19 heavy (non-hydrogen) atoms. The molecule has 1 aromatic rings. The van der Waals surface area contributed by atoms with Gasteiger partial charge in [-0.1, -0.05) is 32.0 Å². The number of carbonyl (C=O) groups is 1. The van der Waals surface area contributed by atoms with Gasteiger partial charge in [-0.05, 0) is 55.6 Å². The van der Waals surface area contributed by atoms with Crippen LogP contribution in [0.4, 0.5) is 0 Å². The van der Waals surface area contributed by atoms with Crippen LogP contribution in [0.5, 0.6) is 0 Å². The maximum atomic E-state index is 11.9. The van der Waals surface area contributed by atoms with Gasteiger partial charge in [-0.2, -0.15) is 0 Å². The van der Waals surface area contributed by atoms with Crippen molar-refractivity contribution in [3.05, 3.63) is 35.9 Å². The lowest BCUT2D eigenvalue weighted by atomic mass is 9.77. The van der Waals surface area contributed by atoms with Gasteiger partial charge in [0.05, 0.1) is 0 Å². The van der Waals surface area contributed by atoms with E-state index in [2.05, 4.69) is 19.2 Å². The van der Waals surface area contributed by atoms with Crippen LogP contribution < -0.4 is 5.32 Å². The Bertz CT molecular complexity index is 391. The minimum absolute atomic E-state index is 0.0617. The monoisotopic (exact) mass is 259 g/mol. The van der Waals surface area contributed by atoms with Crippen LogP contribution >= 0.6 is 0 Å². The van der Waals surface area contributed by atoms with Crippen molar-refractivity contribution in [2.45, 2.75) is 39.5 Å². The normalized spacial score (nSPS) is 23.3. The van der Waals surface area contributed by atoms with Crippen molar-refractivity contribution < 1.29 is 4.79 Å². The van der Waals surface area contributed by atoms with Gasteiger partial charge in [-0.15, -0.1) is 0 Å². The lowest BCUT2D eigenvalue weighted by Gasteiger charge is -2.30. The van der Waals surface area contributed by atoms with E-state index in [0.717, 1.165) is 23.9 Å². The molecule has 1 saturated carbocycles. The minimum Gasteiger partial charge on any atom is -0.352 e. The molecule has 0 aromatic heterocycles. The molecule has 1 N–H and O–H groups in total. The van der Waals surface area contributed by atoms with E-state index >= 15 is 0 Å². The van der Waals surface area contributed by atoms with Crippen LogP contribution in [-0.4, -0.2) is 12.5 Å². The zero-order valence-electron chi connectivity index (χ0n) is 12.1. The second kappa shape index (κ2) is 6.74. The standard InChI is InChI=1S/C17H25NO/c1-13(2)15-10-8-14(9-11-15)12-18-17(19)16-6-4-3-5-7-16/h3-7,13-15H,8-12H2,1-2H3,(H,18,19). The van der Waals surface area contributed by atoms with Crippen molar-refractivity contribution in [1.29, 1.82) is 0 Å². The highest BCUT2D eigenvalue weighted by atomic mass is 16.1. The average Bonchev–Trinajstić information content (AvgIpc) is 2.46. The molecule has 1 aromatic carbocycles. The van der Waals surface area contributed by atoms with Crippen LogP contribution in [0.3, 0.4) is 0 Å². The van der Waals surface area contributed by atoms with Gasteiger partial charge < -0.3 is 5.32 Å². The van der Waals surface area contributed by atoms with Crippen LogP contribution in [0, 0.1) is 17.8 Å². The smallest absolute Gasteiger partial charge is 0.251 e. The largest absolute Gasteiger partial charge is 0.352 e. The van der Waals surface area contributed by atoms with Gasteiger partial charge in [0, 0.05) is 12.1 Å². The molecule has 0 aliphatic heterocycles. The third-order valence-corrected chi connectivity index (χ3v) is 4.42. The quantitative estimate of drug-likeness (QED) is 0.873. The SMILES string of the molecule is CC(C)C1CCC(CNC(=O)c2ccccc2)CC1. The summed E-state index contributed by atoms with van der Waals surface area (Å²) in [6.45, 7) is 5.48. The van der Waals surface area contributed by atoms with Crippen LogP contribution in [0.1, 0.15) is 49.9 Å². The number of carbonyl (C=O) groups excluding carboxylic acids is 1. The first-order valence-electron chi connectivity index (χ1n) is 7.50. The first-order chi connectivity index (χ1) is 9.16. The molecule has 0 radical (unpaired) electrons. The Labute approximate surface area is 116 Å². The predicted molar refractivity (Wildman–Crippen MR) is 79.1 cm³/mol. The number of rotatable bonds is 4. The summed E-state index contributed by atoms with van der Waals surface area (Å²) >= 11 is 0. The first kappa shape index (κ1) is 14.1. The van der Waals surface area contributed by atoms with E-state index in [1.54, 1.807) is 0 Å².